The van der Waals surface area contributed by atoms with Crippen LogP contribution in [0.5, 0.6) is 0 Å². The van der Waals surface area contributed by atoms with Crippen molar-refractivity contribution < 1.29 is 4.79 Å². The average molecular weight is 305 g/mol. The minimum Gasteiger partial charge on any atom is -0.294 e. The molecule has 0 heterocycles. The van der Waals surface area contributed by atoms with Gasteiger partial charge in [0.1, 0.15) is 0 Å². The molecule has 1 aliphatic carbocycles. The number of benzene rings is 2. The monoisotopic (exact) mass is 304 g/mol. The normalized spacial score (nSPS) is 17.9. The molecule has 0 aromatic heterocycles. The molecule has 3 heteroatoms. The van der Waals surface area contributed by atoms with E-state index in [4.69, 9.17) is 23.2 Å². The van der Waals surface area contributed by atoms with Crippen LogP contribution in [0.3, 0.4) is 0 Å². The highest BCUT2D eigenvalue weighted by atomic mass is 35.5. The fourth-order valence-electron chi connectivity index (χ4n) is 2.83. The molecule has 2 aromatic rings. The molecule has 2 aromatic carbocycles. The molecule has 0 saturated carbocycles. The lowest BCUT2D eigenvalue weighted by molar-refractivity contribution is 0.0901. The third-order valence-electron chi connectivity index (χ3n) is 3.91. The minimum absolute atomic E-state index is 0.000802. The number of Topliss-reactive ketones (excluding diaryl/α,β-unsaturated/α-hetero) is 1. The van der Waals surface area contributed by atoms with E-state index in [-0.39, 0.29) is 11.7 Å². The van der Waals surface area contributed by atoms with Crippen LogP contribution in [0, 0.1) is 5.92 Å². The Kier molecular flexibility index (Phi) is 3.82. The third kappa shape index (κ3) is 2.48. The molecule has 0 aliphatic heterocycles. The summed E-state index contributed by atoms with van der Waals surface area (Å²) in [5.74, 6) is 0.226. The standard InChI is InChI=1S/C17H14Cl2O/c18-15-7-3-5-12(16(15)19)10-13-9-8-11-4-1-2-6-14(11)17(13)20/h1-7,13H,8-10H2. The largest absolute Gasteiger partial charge is 0.294 e. The minimum atomic E-state index is 0.000802. The first-order chi connectivity index (χ1) is 9.66. The van der Waals surface area contributed by atoms with Gasteiger partial charge in [0.05, 0.1) is 10.0 Å². The van der Waals surface area contributed by atoms with Gasteiger partial charge in [0.15, 0.2) is 5.78 Å². The molecule has 0 spiro atoms. The summed E-state index contributed by atoms with van der Waals surface area (Å²) in [4.78, 5) is 12.5. The zero-order valence-corrected chi connectivity index (χ0v) is 12.4. The van der Waals surface area contributed by atoms with Crippen molar-refractivity contribution in [3.05, 3.63) is 69.2 Å². The Morgan fingerprint density at radius 2 is 1.85 bits per heavy atom. The van der Waals surface area contributed by atoms with E-state index in [0.717, 1.165) is 29.5 Å². The van der Waals surface area contributed by atoms with E-state index < -0.39 is 0 Å². The van der Waals surface area contributed by atoms with Crippen molar-refractivity contribution in [1.29, 1.82) is 0 Å². The Hall–Kier alpha value is -1.31. The number of halogens is 2. The van der Waals surface area contributed by atoms with Crippen molar-refractivity contribution in [1.82, 2.24) is 0 Å². The molecule has 1 atom stereocenters. The van der Waals surface area contributed by atoms with E-state index in [2.05, 4.69) is 0 Å². The lowest BCUT2D eigenvalue weighted by atomic mass is 9.80. The number of aryl methyl sites for hydroxylation is 1. The highest BCUT2D eigenvalue weighted by molar-refractivity contribution is 6.42. The Morgan fingerprint density at radius 3 is 2.70 bits per heavy atom. The number of hydrogen-bond acceptors (Lipinski definition) is 1. The van der Waals surface area contributed by atoms with E-state index in [1.165, 1.54) is 0 Å². The number of carbonyl (C=O) groups excluding carboxylic acids is 1. The van der Waals surface area contributed by atoms with Crippen molar-refractivity contribution in [2.24, 2.45) is 5.92 Å². The van der Waals surface area contributed by atoms with Gasteiger partial charge in [-0.1, -0.05) is 59.6 Å². The predicted molar refractivity (Wildman–Crippen MR) is 82.7 cm³/mol. The zero-order chi connectivity index (χ0) is 14.1. The molecule has 0 amide bonds. The molecule has 0 saturated heterocycles. The van der Waals surface area contributed by atoms with Gasteiger partial charge in [-0.05, 0) is 36.5 Å². The van der Waals surface area contributed by atoms with Gasteiger partial charge in [0.2, 0.25) is 0 Å². The van der Waals surface area contributed by atoms with E-state index in [1.54, 1.807) is 6.07 Å². The van der Waals surface area contributed by atoms with E-state index >= 15 is 0 Å². The highest BCUT2D eigenvalue weighted by Gasteiger charge is 2.27. The summed E-state index contributed by atoms with van der Waals surface area (Å²) in [6.45, 7) is 0. The van der Waals surface area contributed by atoms with Gasteiger partial charge < -0.3 is 0 Å². The Labute approximate surface area is 128 Å². The summed E-state index contributed by atoms with van der Waals surface area (Å²) in [6, 6.07) is 13.5. The van der Waals surface area contributed by atoms with Crippen molar-refractivity contribution in [2.75, 3.05) is 0 Å². The van der Waals surface area contributed by atoms with Crippen molar-refractivity contribution in [3.63, 3.8) is 0 Å². The molecule has 3 rings (SSSR count). The quantitative estimate of drug-likeness (QED) is 0.764. The van der Waals surface area contributed by atoms with Crippen LogP contribution >= 0.6 is 23.2 Å². The lowest BCUT2D eigenvalue weighted by Crippen LogP contribution is -2.24. The number of fused-ring (bicyclic) bond motifs is 1. The summed E-state index contributed by atoms with van der Waals surface area (Å²) >= 11 is 12.2. The molecule has 1 unspecified atom stereocenters. The molecular weight excluding hydrogens is 291 g/mol. The van der Waals surface area contributed by atoms with E-state index in [0.29, 0.717) is 16.5 Å². The molecule has 1 aliphatic rings. The Bertz CT molecular complexity index is 664. The van der Waals surface area contributed by atoms with Crippen molar-refractivity contribution >= 4 is 29.0 Å². The fraction of sp³-hybridized carbons (Fsp3) is 0.235. The first-order valence-electron chi connectivity index (χ1n) is 6.72. The summed E-state index contributed by atoms with van der Waals surface area (Å²) in [6.07, 6.45) is 2.48. The number of carbonyl (C=O) groups is 1. The summed E-state index contributed by atoms with van der Waals surface area (Å²) in [5.41, 5.74) is 2.98. The SMILES string of the molecule is O=C1c2ccccc2CCC1Cc1cccc(Cl)c1Cl. The molecule has 0 bridgehead atoms. The van der Waals surface area contributed by atoms with Crippen LogP contribution in [-0.2, 0) is 12.8 Å². The maximum atomic E-state index is 12.5. The number of rotatable bonds is 2. The molecular formula is C17H14Cl2O. The second-order valence-corrected chi connectivity index (χ2v) is 5.96. The maximum absolute atomic E-state index is 12.5. The van der Waals surface area contributed by atoms with Gasteiger partial charge in [-0.3, -0.25) is 4.79 Å². The zero-order valence-electron chi connectivity index (χ0n) is 10.9. The first-order valence-corrected chi connectivity index (χ1v) is 7.47. The molecule has 1 nitrogen and oxygen atoms in total. The maximum Gasteiger partial charge on any atom is 0.166 e. The topological polar surface area (TPSA) is 17.1 Å². The van der Waals surface area contributed by atoms with Gasteiger partial charge in [0.25, 0.3) is 0 Å². The summed E-state index contributed by atoms with van der Waals surface area (Å²) in [5, 5.41) is 1.12. The average Bonchev–Trinajstić information content (AvgIpc) is 2.47. The van der Waals surface area contributed by atoms with Gasteiger partial charge in [0, 0.05) is 11.5 Å². The second kappa shape index (κ2) is 5.59. The molecule has 20 heavy (non-hydrogen) atoms. The lowest BCUT2D eigenvalue weighted by Gasteiger charge is -2.23. The number of hydrogen-bond donors (Lipinski definition) is 0. The Balaban J connectivity index is 1.87. The third-order valence-corrected chi connectivity index (χ3v) is 4.77. The number of ketones is 1. The van der Waals surface area contributed by atoms with Crippen LogP contribution in [0.1, 0.15) is 27.9 Å². The fourth-order valence-corrected chi connectivity index (χ4v) is 3.22. The highest BCUT2D eigenvalue weighted by Crippen LogP contribution is 2.32. The summed E-state index contributed by atoms with van der Waals surface area (Å²) in [7, 11) is 0. The van der Waals surface area contributed by atoms with Crippen molar-refractivity contribution in [3.8, 4) is 0 Å². The van der Waals surface area contributed by atoms with Crippen LogP contribution < -0.4 is 0 Å². The molecule has 102 valence electrons. The smallest absolute Gasteiger partial charge is 0.166 e. The van der Waals surface area contributed by atoms with Gasteiger partial charge in [-0.2, -0.15) is 0 Å². The van der Waals surface area contributed by atoms with Gasteiger partial charge >= 0.3 is 0 Å². The first kappa shape index (κ1) is 13.7. The van der Waals surface area contributed by atoms with Crippen LogP contribution in [0.15, 0.2) is 42.5 Å². The Morgan fingerprint density at radius 1 is 1.05 bits per heavy atom. The van der Waals surface area contributed by atoms with E-state index in [1.807, 2.05) is 36.4 Å². The van der Waals surface area contributed by atoms with Crippen LogP contribution in [0.25, 0.3) is 0 Å². The van der Waals surface area contributed by atoms with Crippen LogP contribution in [-0.4, -0.2) is 5.78 Å². The molecule has 0 fully saturated rings. The molecule has 0 radical (unpaired) electrons. The second-order valence-electron chi connectivity index (χ2n) is 5.17. The van der Waals surface area contributed by atoms with Crippen molar-refractivity contribution in [2.45, 2.75) is 19.3 Å². The van der Waals surface area contributed by atoms with Crippen LogP contribution in [0.2, 0.25) is 10.0 Å². The van der Waals surface area contributed by atoms with Gasteiger partial charge in [-0.25, -0.2) is 0 Å². The van der Waals surface area contributed by atoms with E-state index in [9.17, 15) is 4.79 Å². The summed E-state index contributed by atoms with van der Waals surface area (Å²) < 4.78 is 0. The van der Waals surface area contributed by atoms with Crippen LogP contribution in [0.4, 0.5) is 0 Å². The van der Waals surface area contributed by atoms with Gasteiger partial charge in [-0.15, -0.1) is 0 Å². The molecule has 0 N–H and O–H groups in total. The predicted octanol–water partition coefficient (Wildman–Crippen LogP) is 4.98.